The van der Waals surface area contributed by atoms with Gasteiger partial charge in [0.1, 0.15) is 22.9 Å². The van der Waals surface area contributed by atoms with Crippen LogP contribution in [0.2, 0.25) is 5.02 Å². The summed E-state index contributed by atoms with van der Waals surface area (Å²) < 4.78 is 28.5. The largest absolute Gasteiger partial charge is 0.497 e. The Morgan fingerprint density at radius 3 is 2.50 bits per heavy atom. The van der Waals surface area contributed by atoms with E-state index >= 15 is 0 Å². The Bertz CT molecular complexity index is 827. The third-order valence-electron chi connectivity index (χ3n) is 3.46. The van der Waals surface area contributed by atoms with Gasteiger partial charge in [0.2, 0.25) is 0 Å². The van der Waals surface area contributed by atoms with Gasteiger partial charge >= 0.3 is 5.97 Å². The van der Waals surface area contributed by atoms with Crippen molar-refractivity contribution in [3.63, 3.8) is 0 Å². The van der Waals surface area contributed by atoms with Gasteiger partial charge in [0, 0.05) is 6.07 Å². The predicted molar refractivity (Wildman–Crippen MR) is 94.5 cm³/mol. The summed E-state index contributed by atoms with van der Waals surface area (Å²) in [5.41, 5.74) is 0.389. The molecule has 0 bridgehead atoms. The van der Waals surface area contributed by atoms with Gasteiger partial charge in [-0.3, -0.25) is 4.79 Å². The molecule has 0 spiro atoms. The molecule has 0 saturated carbocycles. The average molecular weight is 382 g/mol. The standard InChI is InChI=1S/C18H17ClFNO5/c1-10(17(22)21-15-7-4-11(20)8-14(15)19)26-16-9-12(24-2)5-6-13(16)18(23)25-3/h4-10H,1-3H3,(H,21,22)/t10-/m1/s1. The van der Waals surface area contributed by atoms with Crippen molar-refractivity contribution in [2.45, 2.75) is 13.0 Å². The number of rotatable bonds is 6. The number of carbonyl (C=O) groups excluding carboxylic acids is 2. The lowest BCUT2D eigenvalue weighted by atomic mass is 10.2. The molecule has 26 heavy (non-hydrogen) atoms. The van der Waals surface area contributed by atoms with Crippen molar-refractivity contribution in [1.82, 2.24) is 0 Å². The molecule has 0 radical (unpaired) electrons. The van der Waals surface area contributed by atoms with Crippen LogP contribution in [-0.2, 0) is 9.53 Å². The van der Waals surface area contributed by atoms with Crippen LogP contribution >= 0.6 is 11.6 Å². The molecule has 2 aromatic rings. The molecule has 8 heteroatoms. The number of methoxy groups -OCH3 is 2. The zero-order chi connectivity index (χ0) is 19.3. The summed E-state index contributed by atoms with van der Waals surface area (Å²) in [6.45, 7) is 1.49. The van der Waals surface area contributed by atoms with Gasteiger partial charge in [-0.1, -0.05) is 11.6 Å². The quantitative estimate of drug-likeness (QED) is 0.773. The fraction of sp³-hybridized carbons (Fsp3) is 0.222. The highest BCUT2D eigenvalue weighted by atomic mass is 35.5. The lowest BCUT2D eigenvalue weighted by molar-refractivity contribution is -0.122. The third-order valence-corrected chi connectivity index (χ3v) is 3.77. The Morgan fingerprint density at radius 2 is 1.88 bits per heavy atom. The summed E-state index contributed by atoms with van der Waals surface area (Å²) in [7, 11) is 2.70. The number of halogens is 2. The molecule has 0 aliphatic carbocycles. The van der Waals surface area contributed by atoms with E-state index in [0.717, 1.165) is 6.07 Å². The van der Waals surface area contributed by atoms with Crippen molar-refractivity contribution in [3.05, 3.63) is 52.8 Å². The summed E-state index contributed by atoms with van der Waals surface area (Å²) in [4.78, 5) is 24.2. The van der Waals surface area contributed by atoms with Crippen LogP contribution in [-0.4, -0.2) is 32.2 Å². The highest BCUT2D eigenvalue weighted by Gasteiger charge is 2.21. The molecule has 0 fully saturated rings. The van der Waals surface area contributed by atoms with Gasteiger partial charge in [-0.2, -0.15) is 0 Å². The molecule has 0 saturated heterocycles. The van der Waals surface area contributed by atoms with Crippen LogP contribution in [0.1, 0.15) is 17.3 Å². The van der Waals surface area contributed by atoms with Crippen molar-refractivity contribution < 1.29 is 28.2 Å². The molecule has 0 aromatic heterocycles. The summed E-state index contributed by atoms with van der Waals surface area (Å²) in [6.07, 6.45) is -0.980. The van der Waals surface area contributed by atoms with Crippen LogP contribution in [0.25, 0.3) is 0 Å². The molecule has 0 aliphatic heterocycles. The topological polar surface area (TPSA) is 73.9 Å². The number of carbonyl (C=O) groups is 2. The van der Waals surface area contributed by atoms with E-state index in [1.54, 1.807) is 6.07 Å². The van der Waals surface area contributed by atoms with Crippen molar-refractivity contribution in [3.8, 4) is 11.5 Å². The first kappa shape index (κ1) is 19.5. The maximum atomic E-state index is 13.1. The van der Waals surface area contributed by atoms with E-state index in [2.05, 4.69) is 5.32 Å². The van der Waals surface area contributed by atoms with Gasteiger partial charge in [0.15, 0.2) is 6.10 Å². The molecule has 6 nitrogen and oxygen atoms in total. The Balaban J connectivity index is 2.18. The Morgan fingerprint density at radius 1 is 1.15 bits per heavy atom. The molecule has 1 atom stereocenters. The number of hydrogen-bond acceptors (Lipinski definition) is 5. The van der Waals surface area contributed by atoms with Crippen molar-refractivity contribution in [1.29, 1.82) is 0 Å². The van der Waals surface area contributed by atoms with E-state index in [1.165, 1.54) is 45.4 Å². The minimum atomic E-state index is -0.980. The number of ether oxygens (including phenoxy) is 3. The van der Waals surface area contributed by atoms with Crippen LogP contribution in [0, 0.1) is 5.82 Å². The Labute approximate surface area is 154 Å². The van der Waals surface area contributed by atoms with Gasteiger partial charge in [0.25, 0.3) is 5.91 Å². The highest BCUT2D eigenvalue weighted by molar-refractivity contribution is 6.33. The molecule has 0 aliphatic rings. The summed E-state index contributed by atoms with van der Waals surface area (Å²) in [6, 6.07) is 8.11. The first-order chi connectivity index (χ1) is 12.3. The third kappa shape index (κ3) is 4.64. The maximum absolute atomic E-state index is 13.1. The van der Waals surface area contributed by atoms with Crippen molar-refractivity contribution >= 4 is 29.2 Å². The fourth-order valence-electron chi connectivity index (χ4n) is 2.07. The predicted octanol–water partition coefficient (Wildman–Crippen LogP) is 3.68. The fourth-order valence-corrected chi connectivity index (χ4v) is 2.29. The van der Waals surface area contributed by atoms with Crippen LogP contribution in [0.5, 0.6) is 11.5 Å². The second-order valence-electron chi connectivity index (χ2n) is 5.23. The van der Waals surface area contributed by atoms with E-state index in [9.17, 15) is 14.0 Å². The van der Waals surface area contributed by atoms with Gasteiger partial charge < -0.3 is 19.5 Å². The second-order valence-corrected chi connectivity index (χ2v) is 5.63. The van der Waals surface area contributed by atoms with Gasteiger partial charge in [-0.15, -0.1) is 0 Å². The van der Waals surface area contributed by atoms with E-state index < -0.39 is 23.8 Å². The number of anilines is 1. The Kier molecular flexibility index (Phi) is 6.41. The van der Waals surface area contributed by atoms with Gasteiger partial charge in [-0.25, -0.2) is 9.18 Å². The highest BCUT2D eigenvalue weighted by Crippen LogP contribution is 2.27. The number of nitrogens with one attached hydrogen (secondary N) is 1. The van der Waals surface area contributed by atoms with Crippen molar-refractivity contribution in [2.75, 3.05) is 19.5 Å². The van der Waals surface area contributed by atoms with Crippen LogP contribution in [0.3, 0.4) is 0 Å². The van der Waals surface area contributed by atoms with Gasteiger partial charge in [-0.05, 0) is 37.3 Å². The van der Waals surface area contributed by atoms with E-state index in [1.807, 2.05) is 0 Å². The first-order valence-corrected chi connectivity index (χ1v) is 7.92. The van der Waals surface area contributed by atoms with Crippen molar-refractivity contribution in [2.24, 2.45) is 0 Å². The molecular formula is C18H17ClFNO5. The first-order valence-electron chi connectivity index (χ1n) is 7.54. The molecule has 0 unspecified atom stereocenters. The minimum Gasteiger partial charge on any atom is -0.497 e. The molecule has 138 valence electrons. The summed E-state index contributed by atoms with van der Waals surface area (Å²) in [5.74, 6) is -1.09. The van der Waals surface area contributed by atoms with E-state index in [-0.39, 0.29) is 22.0 Å². The maximum Gasteiger partial charge on any atom is 0.341 e. The van der Waals surface area contributed by atoms with Crippen LogP contribution < -0.4 is 14.8 Å². The summed E-state index contributed by atoms with van der Waals surface area (Å²) >= 11 is 5.89. The molecule has 1 amide bonds. The number of benzene rings is 2. The molecule has 2 aromatic carbocycles. The molecule has 1 N–H and O–H groups in total. The summed E-state index contributed by atoms with van der Waals surface area (Å²) in [5, 5.41) is 2.60. The van der Waals surface area contributed by atoms with E-state index in [0.29, 0.717) is 5.75 Å². The van der Waals surface area contributed by atoms with Crippen LogP contribution in [0.4, 0.5) is 10.1 Å². The lowest BCUT2D eigenvalue weighted by Crippen LogP contribution is -2.30. The smallest absolute Gasteiger partial charge is 0.341 e. The van der Waals surface area contributed by atoms with Crippen LogP contribution in [0.15, 0.2) is 36.4 Å². The minimum absolute atomic E-state index is 0.0576. The zero-order valence-corrected chi connectivity index (χ0v) is 15.1. The molecule has 0 heterocycles. The zero-order valence-electron chi connectivity index (χ0n) is 14.3. The molecular weight excluding hydrogens is 365 g/mol. The van der Waals surface area contributed by atoms with Gasteiger partial charge in [0.05, 0.1) is 24.9 Å². The number of esters is 1. The second kappa shape index (κ2) is 8.53. The normalized spacial score (nSPS) is 11.4. The lowest BCUT2D eigenvalue weighted by Gasteiger charge is -2.17. The SMILES string of the molecule is COC(=O)c1ccc(OC)cc1O[C@H](C)C(=O)Nc1ccc(F)cc1Cl. The number of hydrogen-bond donors (Lipinski definition) is 1. The van der Waals surface area contributed by atoms with E-state index in [4.69, 9.17) is 25.8 Å². The molecule has 2 rings (SSSR count). The monoisotopic (exact) mass is 381 g/mol. The average Bonchev–Trinajstić information content (AvgIpc) is 2.63. The number of amides is 1. The Hall–Kier alpha value is -2.80.